The van der Waals surface area contributed by atoms with Crippen molar-refractivity contribution in [3.63, 3.8) is 0 Å². The van der Waals surface area contributed by atoms with E-state index in [1.54, 1.807) is 13.8 Å². The van der Waals surface area contributed by atoms with Crippen LogP contribution in [0.1, 0.15) is 50.7 Å². The minimum atomic E-state index is -0.821. The van der Waals surface area contributed by atoms with Crippen molar-refractivity contribution < 1.29 is 19.4 Å². The number of ether oxygens (including phenoxy) is 1. The molecule has 0 saturated heterocycles. The molecule has 2 unspecified atom stereocenters. The fraction of sp³-hybridized carbons (Fsp3) is 0.500. The van der Waals surface area contributed by atoms with Gasteiger partial charge in [0.2, 0.25) is 0 Å². The molecule has 0 aliphatic rings. The minimum absolute atomic E-state index is 0.0972. The first-order chi connectivity index (χ1) is 9.43. The van der Waals surface area contributed by atoms with Crippen LogP contribution in [0, 0.1) is 0 Å². The van der Waals surface area contributed by atoms with Crippen LogP contribution in [0.25, 0.3) is 0 Å². The highest BCUT2D eigenvalue weighted by Crippen LogP contribution is 2.17. The molecule has 0 fully saturated rings. The van der Waals surface area contributed by atoms with Gasteiger partial charge >= 0.3 is 11.9 Å². The number of carboxylic acids is 1. The van der Waals surface area contributed by atoms with Crippen molar-refractivity contribution in [2.45, 2.75) is 52.1 Å². The molecule has 2 atom stereocenters. The lowest BCUT2D eigenvalue weighted by Gasteiger charge is -2.13. The lowest BCUT2D eigenvalue weighted by Crippen LogP contribution is -2.14. The summed E-state index contributed by atoms with van der Waals surface area (Å²) in [4.78, 5) is 22.0. The lowest BCUT2D eigenvalue weighted by molar-refractivity contribution is -0.148. The molecule has 4 nitrogen and oxygen atoms in total. The molecule has 1 rings (SSSR count). The van der Waals surface area contributed by atoms with Crippen molar-refractivity contribution in [2.24, 2.45) is 0 Å². The number of hydrogen-bond acceptors (Lipinski definition) is 3. The van der Waals surface area contributed by atoms with Crippen molar-refractivity contribution in [1.82, 2.24) is 0 Å². The van der Waals surface area contributed by atoms with Gasteiger partial charge in [0, 0.05) is 6.42 Å². The second kappa shape index (κ2) is 7.68. The number of aryl methyl sites for hydroxylation is 1. The van der Waals surface area contributed by atoms with Crippen LogP contribution in [0.2, 0.25) is 0 Å². The van der Waals surface area contributed by atoms with Crippen LogP contribution in [0.5, 0.6) is 0 Å². The van der Waals surface area contributed by atoms with E-state index in [0.717, 1.165) is 24.0 Å². The summed E-state index contributed by atoms with van der Waals surface area (Å²) in [5.41, 5.74) is 1.91. The number of carbonyl (C=O) groups excluding carboxylic acids is 1. The van der Waals surface area contributed by atoms with Crippen molar-refractivity contribution in [1.29, 1.82) is 0 Å². The fourth-order valence-corrected chi connectivity index (χ4v) is 1.85. The van der Waals surface area contributed by atoms with Crippen LogP contribution in [0.3, 0.4) is 0 Å². The van der Waals surface area contributed by atoms with Gasteiger partial charge in [-0.15, -0.1) is 0 Å². The second-order valence-corrected chi connectivity index (χ2v) is 4.99. The van der Waals surface area contributed by atoms with Gasteiger partial charge in [0.15, 0.2) is 0 Å². The molecule has 1 aromatic carbocycles. The molecule has 0 saturated carbocycles. The van der Waals surface area contributed by atoms with Gasteiger partial charge in [0.1, 0.15) is 0 Å². The first kappa shape index (κ1) is 16.2. The smallest absolute Gasteiger partial charge is 0.310 e. The zero-order chi connectivity index (χ0) is 15.1. The van der Waals surface area contributed by atoms with E-state index in [-0.39, 0.29) is 12.1 Å². The third-order valence-electron chi connectivity index (χ3n) is 3.31. The van der Waals surface area contributed by atoms with E-state index >= 15 is 0 Å². The minimum Gasteiger partial charge on any atom is -0.481 e. The monoisotopic (exact) mass is 278 g/mol. The summed E-state index contributed by atoms with van der Waals surface area (Å²) in [6.07, 6.45) is 1.87. The summed E-state index contributed by atoms with van der Waals surface area (Å²) in [5.74, 6) is -1.49. The van der Waals surface area contributed by atoms with Gasteiger partial charge in [-0.2, -0.15) is 0 Å². The van der Waals surface area contributed by atoms with Gasteiger partial charge in [-0.3, -0.25) is 9.59 Å². The van der Waals surface area contributed by atoms with Gasteiger partial charge in [0.25, 0.3) is 0 Å². The van der Waals surface area contributed by atoms with E-state index in [9.17, 15) is 9.59 Å². The van der Waals surface area contributed by atoms with Crippen LogP contribution in [0.4, 0.5) is 0 Å². The Morgan fingerprint density at radius 2 is 1.80 bits per heavy atom. The predicted octanol–water partition coefficient (Wildman–Crippen LogP) is 3.15. The van der Waals surface area contributed by atoms with Gasteiger partial charge < -0.3 is 9.84 Å². The molecule has 0 aromatic heterocycles. The zero-order valence-electron chi connectivity index (χ0n) is 12.3. The molecule has 4 heteroatoms. The van der Waals surface area contributed by atoms with E-state index in [1.165, 1.54) is 0 Å². The maximum absolute atomic E-state index is 11.1. The Balaban J connectivity index is 2.49. The molecule has 0 spiro atoms. The van der Waals surface area contributed by atoms with E-state index in [0.29, 0.717) is 6.42 Å². The third kappa shape index (κ3) is 5.03. The van der Waals surface area contributed by atoms with E-state index in [1.807, 2.05) is 31.2 Å². The lowest BCUT2D eigenvalue weighted by atomic mass is 9.98. The third-order valence-corrected chi connectivity index (χ3v) is 3.31. The van der Waals surface area contributed by atoms with Gasteiger partial charge in [0.05, 0.1) is 12.0 Å². The fourth-order valence-electron chi connectivity index (χ4n) is 1.85. The van der Waals surface area contributed by atoms with Crippen LogP contribution < -0.4 is 0 Å². The summed E-state index contributed by atoms with van der Waals surface area (Å²) < 4.78 is 5.20. The van der Waals surface area contributed by atoms with Crippen LogP contribution >= 0.6 is 0 Å². The van der Waals surface area contributed by atoms with Gasteiger partial charge in [-0.25, -0.2) is 0 Å². The molecule has 0 heterocycles. The molecule has 0 bridgehead atoms. The van der Waals surface area contributed by atoms with Crippen LogP contribution in [0.15, 0.2) is 24.3 Å². The SMILES string of the molecule is CCC(=O)OC(C)CCc1ccc(C(C)C(=O)O)cc1. The Kier molecular flexibility index (Phi) is 6.22. The highest BCUT2D eigenvalue weighted by atomic mass is 16.5. The summed E-state index contributed by atoms with van der Waals surface area (Å²) in [7, 11) is 0. The van der Waals surface area contributed by atoms with Gasteiger partial charge in [-0.1, -0.05) is 31.2 Å². The van der Waals surface area contributed by atoms with Crippen molar-refractivity contribution in [3.8, 4) is 0 Å². The quantitative estimate of drug-likeness (QED) is 0.778. The summed E-state index contributed by atoms with van der Waals surface area (Å²) in [6.45, 7) is 5.33. The van der Waals surface area contributed by atoms with E-state index in [2.05, 4.69) is 0 Å². The Bertz CT molecular complexity index is 450. The maximum Gasteiger partial charge on any atom is 0.310 e. The Morgan fingerprint density at radius 3 is 2.30 bits per heavy atom. The number of hydrogen-bond donors (Lipinski definition) is 1. The summed E-state index contributed by atoms with van der Waals surface area (Å²) in [5, 5.41) is 8.94. The molecular weight excluding hydrogens is 256 g/mol. The number of carboxylic acid groups (broad SMARTS) is 1. The Labute approximate surface area is 119 Å². The van der Waals surface area contributed by atoms with Crippen LogP contribution in [-0.2, 0) is 20.7 Å². The van der Waals surface area contributed by atoms with Gasteiger partial charge in [-0.05, 0) is 37.8 Å². The average Bonchev–Trinajstić information content (AvgIpc) is 2.44. The molecule has 20 heavy (non-hydrogen) atoms. The second-order valence-electron chi connectivity index (χ2n) is 4.99. The Morgan fingerprint density at radius 1 is 1.20 bits per heavy atom. The number of benzene rings is 1. The zero-order valence-corrected chi connectivity index (χ0v) is 12.3. The summed E-state index contributed by atoms with van der Waals surface area (Å²) >= 11 is 0. The Hall–Kier alpha value is -1.84. The normalized spacial score (nSPS) is 13.6. The van der Waals surface area contributed by atoms with Crippen molar-refractivity contribution in [2.75, 3.05) is 0 Å². The molecule has 1 aromatic rings. The number of esters is 1. The number of aliphatic carboxylic acids is 1. The first-order valence-electron chi connectivity index (χ1n) is 6.95. The molecule has 0 aliphatic heterocycles. The predicted molar refractivity (Wildman–Crippen MR) is 76.7 cm³/mol. The van der Waals surface area contributed by atoms with Crippen molar-refractivity contribution in [3.05, 3.63) is 35.4 Å². The van der Waals surface area contributed by atoms with E-state index < -0.39 is 11.9 Å². The van der Waals surface area contributed by atoms with E-state index in [4.69, 9.17) is 9.84 Å². The summed E-state index contributed by atoms with van der Waals surface area (Å²) in [6, 6.07) is 7.56. The standard InChI is InChI=1S/C16H22O4/c1-4-15(17)20-11(2)5-6-13-7-9-14(10-8-13)12(3)16(18)19/h7-12H,4-6H2,1-3H3,(H,18,19). The largest absolute Gasteiger partial charge is 0.481 e. The molecule has 110 valence electrons. The highest BCUT2D eigenvalue weighted by Gasteiger charge is 2.13. The molecular formula is C16H22O4. The molecule has 0 amide bonds. The number of rotatable bonds is 7. The van der Waals surface area contributed by atoms with Crippen molar-refractivity contribution >= 4 is 11.9 Å². The number of carbonyl (C=O) groups is 2. The molecule has 0 aliphatic carbocycles. The maximum atomic E-state index is 11.1. The van der Waals surface area contributed by atoms with Crippen LogP contribution in [-0.4, -0.2) is 23.1 Å². The highest BCUT2D eigenvalue weighted by molar-refractivity contribution is 5.75. The average molecular weight is 278 g/mol. The molecule has 0 radical (unpaired) electrons. The molecule has 1 N–H and O–H groups in total. The first-order valence-corrected chi connectivity index (χ1v) is 6.95. The topological polar surface area (TPSA) is 63.6 Å².